The second kappa shape index (κ2) is 6.06. The van der Waals surface area contributed by atoms with E-state index < -0.39 is 0 Å². The number of nitrogens with zero attached hydrogens (tertiary/aromatic N) is 2. The first kappa shape index (κ1) is 13.8. The second-order valence-electron chi connectivity index (χ2n) is 4.69. The van der Waals surface area contributed by atoms with Crippen molar-refractivity contribution in [2.75, 3.05) is 11.9 Å². The molecule has 0 unspecified atom stereocenters. The van der Waals surface area contributed by atoms with Gasteiger partial charge in [-0.05, 0) is 42.3 Å². The highest BCUT2D eigenvalue weighted by Gasteiger charge is 2.03. The Morgan fingerprint density at radius 3 is 2.67 bits per heavy atom. The first-order valence-corrected chi connectivity index (χ1v) is 6.99. The third-order valence-electron chi connectivity index (χ3n) is 3.22. The number of anilines is 1. The lowest BCUT2D eigenvalue weighted by molar-refractivity contribution is 0.627. The summed E-state index contributed by atoms with van der Waals surface area (Å²) in [5.41, 5.74) is 1.88. The molecule has 0 fully saturated rings. The molecule has 3 rings (SSSR count). The lowest BCUT2D eigenvalue weighted by Gasteiger charge is -2.08. The third kappa shape index (κ3) is 3.28. The maximum atomic E-state index is 12.8. The number of hydrogen-bond donors (Lipinski definition) is 1. The molecule has 0 amide bonds. The molecule has 0 aliphatic carbocycles. The minimum Gasteiger partial charge on any atom is -0.369 e. The van der Waals surface area contributed by atoms with Crippen molar-refractivity contribution in [3.63, 3.8) is 0 Å². The Hall–Kier alpha value is -2.20. The van der Waals surface area contributed by atoms with Gasteiger partial charge in [0.05, 0.1) is 5.52 Å². The van der Waals surface area contributed by atoms with E-state index >= 15 is 0 Å². The lowest BCUT2D eigenvalue weighted by atomic mass is 10.1. The average molecular weight is 302 g/mol. The molecule has 3 nitrogen and oxygen atoms in total. The van der Waals surface area contributed by atoms with Crippen molar-refractivity contribution < 1.29 is 4.39 Å². The monoisotopic (exact) mass is 301 g/mol. The minimum absolute atomic E-state index is 0.217. The Morgan fingerprint density at radius 1 is 1.05 bits per heavy atom. The van der Waals surface area contributed by atoms with Crippen molar-refractivity contribution in [1.29, 1.82) is 0 Å². The van der Waals surface area contributed by atoms with E-state index in [1.165, 1.54) is 18.5 Å². The number of benzene rings is 2. The first-order valence-electron chi connectivity index (χ1n) is 6.61. The van der Waals surface area contributed by atoms with Crippen LogP contribution in [0.25, 0.3) is 10.9 Å². The van der Waals surface area contributed by atoms with E-state index in [2.05, 4.69) is 15.3 Å². The Balaban J connectivity index is 1.72. The van der Waals surface area contributed by atoms with Gasteiger partial charge in [0.2, 0.25) is 0 Å². The molecule has 0 spiro atoms. The van der Waals surface area contributed by atoms with E-state index in [-0.39, 0.29) is 5.82 Å². The summed E-state index contributed by atoms with van der Waals surface area (Å²) in [6, 6.07) is 12.0. The Morgan fingerprint density at radius 2 is 1.86 bits per heavy atom. The van der Waals surface area contributed by atoms with Crippen LogP contribution in [0.15, 0.2) is 48.8 Å². The number of rotatable bonds is 4. The summed E-state index contributed by atoms with van der Waals surface area (Å²) >= 11 is 5.96. The van der Waals surface area contributed by atoms with Gasteiger partial charge in [0.25, 0.3) is 0 Å². The summed E-state index contributed by atoms with van der Waals surface area (Å²) in [4.78, 5) is 8.46. The van der Waals surface area contributed by atoms with E-state index in [0.29, 0.717) is 11.6 Å². The number of fused-ring (bicyclic) bond motifs is 1. The van der Waals surface area contributed by atoms with E-state index in [1.54, 1.807) is 12.1 Å². The fourth-order valence-electron chi connectivity index (χ4n) is 2.15. The van der Waals surface area contributed by atoms with Crippen molar-refractivity contribution in [2.24, 2.45) is 0 Å². The zero-order valence-corrected chi connectivity index (χ0v) is 11.9. The molecule has 0 aliphatic rings. The van der Waals surface area contributed by atoms with Crippen LogP contribution in [0.4, 0.5) is 10.2 Å². The van der Waals surface area contributed by atoms with Gasteiger partial charge in [-0.1, -0.05) is 23.7 Å². The molecule has 106 valence electrons. The summed E-state index contributed by atoms with van der Waals surface area (Å²) in [7, 11) is 0. The number of hydrogen-bond acceptors (Lipinski definition) is 3. The smallest absolute Gasteiger partial charge is 0.137 e. The van der Waals surface area contributed by atoms with Gasteiger partial charge in [-0.3, -0.25) is 0 Å². The topological polar surface area (TPSA) is 37.8 Å². The zero-order chi connectivity index (χ0) is 14.7. The van der Waals surface area contributed by atoms with Gasteiger partial charge in [-0.25, -0.2) is 14.4 Å². The number of aromatic nitrogens is 2. The average Bonchev–Trinajstić information content (AvgIpc) is 2.49. The molecule has 1 heterocycles. The molecule has 3 aromatic rings. The molecular weight excluding hydrogens is 289 g/mol. The highest BCUT2D eigenvalue weighted by molar-refractivity contribution is 6.31. The van der Waals surface area contributed by atoms with Crippen molar-refractivity contribution in [2.45, 2.75) is 6.42 Å². The van der Waals surface area contributed by atoms with Crippen LogP contribution in [-0.2, 0) is 6.42 Å². The maximum Gasteiger partial charge on any atom is 0.137 e. The molecule has 21 heavy (non-hydrogen) atoms. The van der Waals surface area contributed by atoms with E-state index in [9.17, 15) is 4.39 Å². The van der Waals surface area contributed by atoms with Crippen LogP contribution in [0, 0.1) is 5.82 Å². The quantitative estimate of drug-likeness (QED) is 0.789. The molecule has 1 aromatic heterocycles. The van der Waals surface area contributed by atoms with Crippen LogP contribution in [0.3, 0.4) is 0 Å². The number of nitrogens with one attached hydrogen (secondary N) is 1. The molecular formula is C16H13ClFN3. The summed E-state index contributed by atoms with van der Waals surface area (Å²) in [6.07, 6.45) is 2.30. The highest BCUT2D eigenvalue weighted by atomic mass is 35.5. The highest BCUT2D eigenvalue weighted by Crippen LogP contribution is 2.22. The molecule has 0 aliphatic heterocycles. The maximum absolute atomic E-state index is 12.8. The standard InChI is InChI=1S/C16H13ClFN3/c17-12-3-6-14-15(9-12)20-10-21-16(14)19-8-7-11-1-4-13(18)5-2-11/h1-6,9-10H,7-8H2,(H,19,20,21). The van der Waals surface area contributed by atoms with Gasteiger partial charge in [0.15, 0.2) is 0 Å². The first-order chi connectivity index (χ1) is 10.2. The molecule has 1 N–H and O–H groups in total. The SMILES string of the molecule is Fc1ccc(CCNc2ncnc3cc(Cl)ccc23)cc1. The van der Waals surface area contributed by atoms with Crippen LogP contribution in [0.1, 0.15) is 5.56 Å². The van der Waals surface area contributed by atoms with Crippen molar-refractivity contribution in [1.82, 2.24) is 9.97 Å². The predicted octanol–water partition coefficient (Wildman–Crippen LogP) is 4.08. The lowest BCUT2D eigenvalue weighted by Crippen LogP contribution is -2.07. The van der Waals surface area contributed by atoms with Gasteiger partial charge >= 0.3 is 0 Å². The van der Waals surface area contributed by atoms with Crippen molar-refractivity contribution in [3.05, 3.63) is 65.2 Å². The summed E-state index contributed by atoms with van der Waals surface area (Å²) in [5, 5.41) is 4.87. The summed E-state index contributed by atoms with van der Waals surface area (Å²) in [5.74, 6) is 0.559. The van der Waals surface area contributed by atoms with Gasteiger partial charge in [0.1, 0.15) is 18.0 Å². The molecule has 2 aromatic carbocycles. The summed E-state index contributed by atoms with van der Waals surface area (Å²) < 4.78 is 12.8. The Labute approximate surface area is 126 Å². The molecule has 0 atom stereocenters. The van der Waals surface area contributed by atoms with Crippen LogP contribution in [0.5, 0.6) is 0 Å². The second-order valence-corrected chi connectivity index (χ2v) is 5.12. The van der Waals surface area contributed by atoms with Gasteiger partial charge < -0.3 is 5.32 Å². The predicted molar refractivity (Wildman–Crippen MR) is 83.1 cm³/mol. The fourth-order valence-corrected chi connectivity index (χ4v) is 2.31. The fraction of sp³-hybridized carbons (Fsp3) is 0.125. The van der Waals surface area contributed by atoms with Gasteiger partial charge in [-0.15, -0.1) is 0 Å². The molecule has 0 saturated heterocycles. The molecule has 0 radical (unpaired) electrons. The van der Waals surface area contributed by atoms with Crippen LogP contribution in [-0.4, -0.2) is 16.5 Å². The molecule has 5 heteroatoms. The van der Waals surface area contributed by atoms with Gasteiger partial charge in [-0.2, -0.15) is 0 Å². The minimum atomic E-state index is -0.217. The molecule has 0 bridgehead atoms. The summed E-state index contributed by atoms with van der Waals surface area (Å²) in [6.45, 7) is 0.709. The van der Waals surface area contributed by atoms with Crippen LogP contribution >= 0.6 is 11.6 Å². The zero-order valence-electron chi connectivity index (χ0n) is 11.2. The number of halogens is 2. The Kier molecular flexibility index (Phi) is 3.97. The normalized spacial score (nSPS) is 10.8. The van der Waals surface area contributed by atoms with E-state index in [4.69, 9.17) is 11.6 Å². The van der Waals surface area contributed by atoms with Crippen molar-refractivity contribution >= 4 is 28.3 Å². The largest absolute Gasteiger partial charge is 0.369 e. The third-order valence-corrected chi connectivity index (χ3v) is 3.45. The van der Waals surface area contributed by atoms with E-state index in [1.807, 2.05) is 18.2 Å². The van der Waals surface area contributed by atoms with Gasteiger partial charge in [0, 0.05) is 17.0 Å². The Bertz CT molecular complexity index is 759. The van der Waals surface area contributed by atoms with E-state index in [0.717, 1.165) is 28.7 Å². The van der Waals surface area contributed by atoms with Crippen LogP contribution in [0.2, 0.25) is 5.02 Å². The molecule has 0 saturated carbocycles. The van der Waals surface area contributed by atoms with Crippen LogP contribution < -0.4 is 5.32 Å². The van der Waals surface area contributed by atoms with Crippen molar-refractivity contribution in [3.8, 4) is 0 Å².